The summed E-state index contributed by atoms with van der Waals surface area (Å²) in [6.07, 6.45) is 0. The van der Waals surface area contributed by atoms with Gasteiger partial charge in [-0.15, -0.1) is 11.3 Å². The minimum atomic E-state index is -0.588. The van der Waals surface area contributed by atoms with Crippen LogP contribution >= 0.6 is 11.3 Å². The van der Waals surface area contributed by atoms with Crippen LogP contribution in [0.5, 0.6) is 0 Å². The maximum atomic E-state index is 12.7. The Bertz CT molecular complexity index is 1360. The SMILES string of the molecule is CCOC(=O)c1c(C)[nH]c(C(=O)COC(=O)c2cc3c(C)nn(-c4ccccc4)c3s2)c1C. The number of nitrogens with zero attached hydrogens (tertiary/aromatic N) is 2. The number of ketones is 1. The Labute approximate surface area is 194 Å². The van der Waals surface area contributed by atoms with E-state index in [-0.39, 0.29) is 12.3 Å². The maximum Gasteiger partial charge on any atom is 0.348 e. The number of Topliss-reactive ketones (excluding diaryl/α,β-unsaturated/α-hetero) is 1. The van der Waals surface area contributed by atoms with E-state index in [9.17, 15) is 14.4 Å². The molecular formula is C24H23N3O5S. The largest absolute Gasteiger partial charge is 0.462 e. The van der Waals surface area contributed by atoms with Crippen LogP contribution in [0.1, 0.15) is 54.4 Å². The summed E-state index contributed by atoms with van der Waals surface area (Å²) in [6, 6.07) is 11.4. The summed E-state index contributed by atoms with van der Waals surface area (Å²) in [4.78, 5) is 41.6. The minimum absolute atomic E-state index is 0.232. The molecule has 170 valence electrons. The molecule has 1 N–H and O–H groups in total. The zero-order valence-electron chi connectivity index (χ0n) is 18.7. The third-order valence-electron chi connectivity index (χ3n) is 5.28. The van der Waals surface area contributed by atoms with E-state index >= 15 is 0 Å². The number of benzene rings is 1. The van der Waals surface area contributed by atoms with Crippen LogP contribution in [0, 0.1) is 20.8 Å². The third-order valence-corrected chi connectivity index (χ3v) is 6.37. The van der Waals surface area contributed by atoms with Crippen molar-refractivity contribution in [3.63, 3.8) is 0 Å². The average Bonchev–Trinajstić information content (AvgIpc) is 3.45. The lowest BCUT2D eigenvalue weighted by molar-refractivity contribution is 0.0477. The highest BCUT2D eigenvalue weighted by Crippen LogP contribution is 2.31. The lowest BCUT2D eigenvalue weighted by Gasteiger charge is -2.04. The zero-order valence-corrected chi connectivity index (χ0v) is 19.5. The predicted molar refractivity (Wildman–Crippen MR) is 125 cm³/mol. The summed E-state index contributed by atoms with van der Waals surface area (Å²) in [5.41, 5.74) is 3.26. The number of carbonyl (C=O) groups is 3. The molecule has 0 amide bonds. The third kappa shape index (κ3) is 4.19. The molecular weight excluding hydrogens is 442 g/mol. The van der Waals surface area contributed by atoms with Gasteiger partial charge in [0.05, 0.1) is 29.2 Å². The Morgan fingerprint density at radius 2 is 1.79 bits per heavy atom. The second-order valence-corrected chi connectivity index (χ2v) is 8.54. The van der Waals surface area contributed by atoms with Gasteiger partial charge in [-0.2, -0.15) is 5.10 Å². The molecule has 0 saturated carbocycles. The number of para-hydroxylation sites is 1. The number of esters is 2. The van der Waals surface area contributed by atoms with Crippen molar-refractivity contribution in [3.8, 4) is 5.69 Å². The fourth-order valence-corrected chi connectivity index (χ4v) is 4.78. The van der Waals surface area contributed by atoms with E-state index in [2.05, 4.69) is 10.1 Å². The summed E-state index contributed by atoms with van der Waals surface area (Å²) < 4.78 is 12.1. The number of aromatic nitrogens is 3. The van der Waals surface area contributed by atoms with Gasteiger partial charge in [0.2, 0.25) is 5.78 Å². The van der Waals surface area contributed by atoms with Gasteiger partial charge in [-0.3, -0.25) is 4.79 Å². The normalized spacial score (nSPS) is 11.0. The Hall–Kier alpha value is -3.72. The smallest absolute Gasteiger partial charge is 0.348 e. The molecule has 3 aromatic heterocycles. The first-order chi connectivity index (χ1) is 15.8. The van der Waals surface area contributed by atoms with E-state index < -0.39 is 24.3 Å². The summed E-state index contributed by atoms with van der Waals surface area (Å²) >= 11 is 1.26. The summed E-state index contributed by atoms with van der Waals surface area (Å²) in [5.74, 6) is -1.50. The van der Waals surface area contributed by atoms with E-state index in [1.807, 2.05) is 37.3 Å². The molecule has 33 heavy (non-hydrogen) atoms. The second-order valence-electron chi connectivity index (χ2n) is 7.51. The number of nitrogens with one attached hydrogen (secondary N) is 1. The molecule has 0 atom stereocenters. The molecule has 0 aliphatic heterocycles. The highest BCUT2D eigenvalue weighted by Gasteiger charge is 2.24. The molecule has 4 rings (SSSR count). The summed E-state index contributed by atoms with van der Waals surface area (Å²) in [7, 11) is 0. The van der Waals surface area contributed by atoms with Gasteiger partial charge >= 0.3 is 11.9 Å². The number of aromatic amines is 1. The molecule has 3 heterocycles. The van der Waals surface area contributed by atoms with Crippen LogP contribution in [0.25, 0.3) is 15.9 Å². The topological polar surface area (TPSA) is 103 Å². The van der Waals surface area contributed by atoms with Gasteiger partial charge < -0.3 is 14.5 Å². The lowest BCUT2D eigenvalue weighted by atomic mass is 10.1. The number of fused-ring (bicyclic) bond motifs is 1. The van der Waals surface area contributed by atoms with Crippen molar-refractivity contribution >= 4 is 39.3 Å². The van der Waals surface area contributed by atoms with Crippen molar-refractivity contribution in [1.29, 1.82) is 0 Å². The fourth-order valence-electron chi connectivity index (χ4n) is 3.70. The highest BCUT2D eigenvalue weighted by atomic mass is 32.1. The van der Waals surface area contributed by atoms with Crippen LogP contribution in [-0.4, -0.2) is 45.7 Å². The van der Waals surface area contributed by atoms with Crippen molar-refractivity contribution in [1.82, 2.24) is 14.8 Å². The number of hydrogen-bond acceptors (Lipinski definition) is 7. The molecule has 0 unspecified atom stereocenters. The Balaban J connectivity index is 1.51. The van der Waals surface area contributed by atoms with Gasteiger partial charge in [0.25, 0.3) is 0 Å². The van der Waals surface area contributed by atoms with Gasteiger partial charge in [0.15, 0.2) is 6.61 Å². The number of rotatable bonds is 7. The summed E-state index contributed by atoms with van der Waals surface area (Å²) in [5, 5.41) is 5.42. The average molecular weight is 466 g/mol. The van der Waals surface area contributed by atoms with E-state index in [1.165, 1.54) is 11.3 Å². The molecule has 0 aliphatic rings. The Kier molecular flexibility index (Phi) is 6.15. The number of aryl methyl sites for hydroxylation is 2. The van der Waals surface area contributed by atoms with Gasteiger partial charge in [0, 0.05) is 11.1 Å². The van der Waals surface area contributed by atoms with Crippen LogP contribution in [0.15, 0.2) is 36.4 Å². The molecule has 0 aliphatic carbocycles. The first-order valence-electron chi connectivity index (χ1n) is 10.4. The number of ether oxygens (including phenoxy) is 2. The highest BCUT2D eigenvalue weighted by molar-refractivity contribution is 7.20. The van der Waals surface area contributed by atoms with Crippen LogP contribution in [0.4, 0.5) is 0 Å². The van der Waals surface area contributed by atoms with E-state index in [1.54, 1.807) is 31.5 Å². The first-order valence-corrected chi connectivity index (χ1v) is 11.2. The van der Waals surface area contributed by atoms with Crippen LogP contribution in [0.2, 0.25) is 0 Å². The van der Waals surface area contributed by atoms with Crippen molar-refractivity contribution in [3.05, 3.63) is 69.5 Å². The monoisotopic (exact) mass is 465 g/mol. The standard InChI is InChI=1S/C24H23N3O5S/c1-5-31-24(30)20-13(2)21(25-15(20)4)18(28)12-32-23(29)19-11-17-14(3)26-27(22(17)33-19)16-9-7-6-8-10-16/h6-11,25H,5,12H2,1-4H3. The summed E-state index contributed by atoms with van der Waals surface area (Å²) in [6.45, 7) is 6.74. The number of thiophene rings is 1. The van der Waals surface area contributed by atoms with Crippen molar-refractivity contribution in [2.45, 2.75) is 27.7 Å². The van der Waals surface area contributed by atoms with E-state index in [4.69, 9.17) is 9.47 Å². The van der Waals surface area contributed by atoms with Crippen molar-refractivity contribution in [2.24, 2.45) is 0 Å². The maximum absolute atomic E-state index is 12.7. The van der Waals surface area contributed by atoms with Crippen LogP contribution in [-0.2, 0) is 9.47 Å². The first kappa shape index (κ1) is 22.5. The Morgan fingerprint density at radius 1 is 1.06 bits per heavy atom. The minimum Gasteiger partial charge on any atom is -0.462 e. The van der Waals surface area contributed by atoms with Gasteiger partial charge in [-0.25, -0.2) is 14.3 Å². The number of hydrogen-bond donors (Lipinski definition) is 1. The molecule has 0 radical (unpaired) electrons. The van der Waals surface area contributed by atoms with Gasteiger partial charge in [0.1, 0.15) is 9.71 Å². The lowest BCUT2D eigenvalue weighted by Crippen LogP contribution is -2.15. The molecule has 8 nitrogen and oxygen atoms in total. The number of carbonyl (C=O) groups excluding carboxylic acids is 3. The van der Waals surface area contributed by atoms with Crippen LogP contribution in [0.3, 0.4) is 0 Å². The zero-order chi connectivity index (χ0) is 23.7. The molecule has 4 aromatic rings. The second kappa shape index (κ2) is 9.03. The number of H-pyrrole nitrogens is 1. The van der Waals surface area contributed by atoms with Crippen LogP contribution < -0.4 is 0 Å². The molecule has 1 aromatic carbocycles. The predicted octanol–water partition coefficient (Wildman–Crippen LogP) is 4.56. The van der Waals surface area contributed by atoms with Gasteiger partial charge in [-0.05, 0) is 51.5 Å². The van der Waals surface area contributed by atoms with Gasteiger partial charge in [-0.1, -0.05) is 18.2 Å². The molecule has 0 spiro atoms. The quantitative estimate of drug-likeness (QED) is 0.317. The van der Waals surface area contributed by atoms with E-state index in [0.717, 1.165) is 21.6 Å². The molecule has 0 bridgehead atoms. The molecule has 0 saturated heterocycles. The molecule has 0 fully saturated rings. The molecule has 9 heteroatoms. The van der Waals surface area contributed by atoms with Crippen molar-refractivity contribution < 1.29 is 23.9 Å². The van der Waals surface area contributed by atoms with Crippen molar-refractivity contribution in [2.75, 3.05) is 13.2 Å². The van der Waals surface area contributed by atoms with E-state index in [0.29, 0.717) is 21.7 Å². The fraction of sp³-hybridized carbons (Fsp3) is 0.250. The Morgan fingerprint density at radius 3 is 2.48 bits per heavy atom.